The molecule has 2 aromatic carbocycles. The molecule has 3 nitrogen and oxygen atoms in total. The van der Waals surface area contributed by atoms with Crippen molar-refractivity contribution in [2.45, 2.75) is 25.8 Å². The first kappa shape index (κ1) is 12.9. The zero-order valence-corrected chi connectivity index (χ0v) is 11.7. The van der Waals surface area contributed by atoms with Crippen LogP contribution in [0.1, 0.15) is 30.6 Å². The fraction of sp³-hybridized carbons (Fsp3) is 0.294. The molecule has 3 rings (SSSR count). The number of benzene rings is 2. The fourth-order valence-corrected chi connectivity index (χ4v) is 2.86. The minimum atomic E-state index is -0.700. The van der Waals surface area contributed by atoms with Gasteiger partial charge in [0.25, 0.3) is 5.91 Å². The summed E-state index contributed by atoms with van der Waals surface area (Å²) in [4.78, 5) is 26.4. The van der Waals surface area contributed by atoms with Crippen LogP contribution in [-0.2, 0) is 4.79 Å². The Hall–Kier alpha value is -2.16. The van der Waals surface area contributed by atoms with E-state index in [-0.39, 0.29) is 11.7 Å². The molecule has 0 unspecified atom stereocenters. The third-order valence-corrected chi connectivity index (χ3v) is 4.18. The van der Waals surface area contributed by atoms with Crippen molar-refractivity contribution in [1.82, 2.24) is 4.90 Å². The van der Waals surface area contributed by atoms with Gasteiger partial charge in [-0.2, -0.15) is 0 Å². The highest BCUT2D eigenvalue weighted by Gasteiger charge is 2.43. The number of carbonyl (C=O) groups excluding carboxylic acids is 2. The molecule has 1 heterocycles. The highest BCUT2D eigenvalue weighted by Crippen LogP contribution is 2.29. The summed E-state index contributed by atoms with van der Waals surface area (Å²) in [7, 11) is 0. The Bertz CT molecular complexity index is 698. The van der Waals surface area contributed by atoms with E-state index in [0.717, 1.165) is 10.8 Å². The Balaban J connectivity index is 2.08. The first-order chi connectivity index (χ1) is 9.51. The molecule has 0 atom stereocenters. The number of ketones is 1. The van der Waals surface area contributed by atoms with Crippen LogP contribution < -0.4 is 0 Å². The molecule has 2 aromatic rings. The van der Waals surface area contributed by atoms with Crippen LogP contribution >= 0.6 is 0 Å². The van der Waals surface area contributed by atoms with Crippen molar-refractivity contribution in [1.29, 1.82) is 0 Å². The predicted octanol–water partition coefficient (Wildman–Crippen LogP) is 3.03. The van der Waals surface area contributed by atoms with Gasteiger partial charge in [0, 0.05) is 18.5 Å². The van der Waals surface area contributed by atoms with Crippen LogP contribution in [0.25, 0.3) is 10.8 Å². The van der Waals surface area contributed by atoms with Gasteiger partial charge in [-0.1, -0.05) is 36.4 Å². The molecule has 1 aliphatic rings. The van der Waals surface area contributed by atoms with Crippen LogP contribution in [0.4, 0.5) is 0 Å². The van der Waals surface area contributed by atoms with Crippen molar-refractivity contribution >= 4 is 22.5 Å². The Labute approximate surface area is 118 Å². The van der Waals surface area contributed by atoms with Gasteiger partial charge in [-0.3, -0.25) is 9.59 Å². The Kier molecular flexibility index (Phi) is 2.85. The van der Waals surface area contributed by atoms with Gasteiger partial charge in [-0.15, -0.1) is 0 Å². The molecule has 0 radical (unpaired) electrons. The Morgan fingerprint density at radius 2 is 1.80 bits per heavy atom. The van der Waals surface area contributed by atoms with Crippen LogP contribution in [0, 0.1) is 0 Å². The van der Waals surface area contributed by atoms with Gasteiger partial charge in [0.15, 0.2) is 5.78 Å². The van der Waals surface area contributed by atoms with Crippen LogP contribution in [0.3, 0.4) is 0 Å². The number of hydrogen-bond acceptors (Lipinski definition) is 2. The maximum absolute atomic E-state index is 12.8. The van der Waals surface area contributed by atoms with E-state index in [0.29, 0.717) is 18.5 Å². The fourth-order valence-electron chi connectivity index (χ4n) is 2.86. The summed E-state index contributed by atoms with van der Waals surface area (Å²) in [6, 6.07) is 13.6. The lowest BCUT2D eigenvalue weighted by Crippen LogP contribution is -2.46. The number of hydrogen-bond donors (Lipinski definition) is 0. The summed E-state index contributed by atoms with van der Waals surface area (Å²) in [6.45, 7) is 4.16. The molecule has 3 heteroatoms. The summed E-state index contributed by atoms with van der Waals surface area (Å²) in [5, 5.41) is 1.98. The number of carbonyl (C=O) groups is 2. The van der Waals surface area contributed by atoms with E-state index in [1.54, 1.807) is 4.90 Å². The molecule has 1 fully saturated rings. The number of likely N-dealkylation sites (tertiary alicyclic amines) is 1. The van der Waals surface area contributed by atoms with Gasteiger partial charge in [0.1, 0.15) is 0 Å². The topological polar surface area (TPSA) is 37.4 Å². The third kappa shape index (κ3) is 1.82. The van der Waals surface area contributed by atoms with Crippen LogP contribution in [0.5, 0.6) is 0 Å². The molecule has 1 aliphatic heterocycles. The van der Waals surface area contributed by atoms with Crippen LogP contribution in [-0.4, -0.2) is 28.7 Å². The summed E-state index contributed by atoms with van der Waals surface area (Å²) >= 11 is 0. The van der Waals surface area contributed by atoms with Crippen molar-refractivity contribution in [3.8, 4) is 0 Å². The zero-order chi connectivity index (χ0) is 14.3. The third-order valence-electron chi connectivity index (χ3n) is 4.18. The highest BCUT2D eigenvalue weighted by molar-refractivity contribution is 6.09. The van der Waals surface area contributed by atoms with Gasteiger partial charge in [-0.25, -0.2) is 0 Å². The van der Waals surface area contributed by atoms with E-state index >= 15 is 0 Å². The van der Waals surface area contributed by atoms with E-state index in [1.807, 2.05) is 56.3 Å². The Morgan fingerprint density at radius 1 is 1.10 bits per heavy atom. The van der Waals surface area contributed by atoms with Crippen molar-refractivity contribution in [3.05, 3.63) is 48.0 Å². The molecule has 0 bridgehead atoms. The van der Waals surface area contributed by atoms with E-state index < -0.39 is 5.54 Å². The minimum absolute atomic E-state index is 0.0577. The van der Waals surface area contributed by atoms with Gasteiger partial charge >= 0.3 is 0 Å². The van der Waals surface area contributed by atoms with E-state index in [2.05, 4.69) is 0 Å². The van der Waals surface area contributed by atoms with Gasteiger partial charge in [-0.05, 0) is 30.7 Å². The normalized spacial score (nSPS) is 17.7. The van der Waals surface area contributed by atoms with Gasteiger partial charge in [0.2, 0.25) is 0 Å². The van der Waals surface area contributed by atoms with Crippen molar-refractivity contribution in [3.63, 3.8) is 0 Å². The predicted molar refractivity (Wildman–Crippen MR) is 78.7 cm³/mol. The average molecular weight is 267 g/mol. The molecular weight excluding hydrogens is 250 g/mol. The van der Waals surface area contributed by atoms with Gasteiger partial charge in [0.05, 0.1) is 5.54 Å². The minimum Gasteiger partial charge on any atom is -0.326 e. The number of Topliss-reactive ketones (excluding diaryl/α,β-unsaturated/α-hetero) is 1. The zero-order valence-electron chi connectivity index (χ0n) is 11.7. The van der Waals surface area contributed by atoms with Crippen molar-refractivity contribution < 1.29 is 9.59 Å². The van der Waals surface area contributed by atoms with Crippen molar-refractivity contribution in [2.75, 3.05) is 6.54 Å². The maximum Gasteiger partial charge on any atom is 0.255 e. The first-order valence-electron chi connectivity index (χ1n) is 6.85. The largest absolute Gasteiger partial charge is 0.326 e. The molecule has 0 saturated carbocycles. The molecule has 0 aromatic heterocycles. The van der Waals surface area contributed by atoms with Crippen molar-refractivity contribution in [2.24, 2.45) is 0 Å². The van der Waals surface area contributed by atoms with E-state index in [1.165, 1.54) is 0 Å². The second kappa shape index (κ2) is 4.44. The molecule has 102 valence electrons. The number of fused-ring (bicyclic) bond motifs is 1. The number of rotatable bonds is 1. The lowest BCUT2D eigenvalue weighted by atomic mass is 9.98. The Morgan fingerprint density at radius 3 is 2.50 bits per heavy atom. The molecule has 0 aliphatic carbocycles. The number of nitrogens with zero attached hydrogens (tertiary/aromatic N) is 1. The van der Waals surface area contributed by atoms with E-state index in [4.69, 9.17) is 0 Å². The second-order valence-electron chi connectivity index (χ2n) is 5.72. The molecule has 1 saturated heterocycles. The van der Waals surface area contributed by atoms with Crippen LogP contribution in [0.15, 0.2) is 42.5 Å². The highest BCUT2D eigenvalue weighted by atomic mass is 16.2. The monoisotopic (exact) mass is 267 g/mol. The lowest BCUT2D eigenvalue weighted by molar-refractivity contribution is -0.123. The molecule has 1 amide bonds. The second-order valence-corrected chi connectivity index (χ2v) is 5.72. The first-order valence-corrected chi connectivity index (χ1v) is 6.85. The SMILES string of the molecule is CC1(C)C(=O)CCN1C(=O)c1cccc2ccccc12. The summed E-state index contributed by atoms with van der Waals surface area (Å²) in [5.74, 6) is 0.0729. The molecule has 20 heavy (non-hydrogen) atoms. The maximum atomic E-state index is 12.8. The molecule has 0 spiro atoms. The summed E-state index contributed by atoms with van der Waals surface area (Å²) < 4.78 is 0. The summed E-state index contributed by atoms with van der Waals surface area (Å²) in [5.41, 5.74) is -0.0283. The quantitative estimate of drug-likeness (QED) is 0.796. The molecule has 0 N–H and O–H groups in total. The van der Waals surface area contributed by atoms with Gasteiger partial charge < -0.3 is 4.90 Å². The lowest BCUT2D eigenvalue weighted by Gasteiger charge is -2.30. The smallest absolute Gasteiger partial charge is 0.255 e. The summed E-state index contributed by atoms with van der Waals surface area (Å²) in [6.07, 6.45) is 0.448. The standard InChI is InChI=1S/C17H17NO2/c1-17(2)15(19)10-11-18(17)16(20)14-9-5-7-12-6-3-4-8-13(12)14/h3-9H,10-11H2,1-2H3. The van der Waals surface area contributed by atoms with Crippen LogP contribution in [0.2, 0.25) is 0 Å². The number of amides is 1. The van der Waals surface area contributed by atoms with E-state index in [9.17, 15) is 9.59 Å². The molecular formula is C17H17NO2. The average Bonchev–Trinajstić information content (AvgIpc) is 2.72.